The largest absolute Gasteiger partial charge is 0.241 e. The Hall–Kier alpha value is -0.580. The average molecular weight is 304 g/mol. The average Bonchev–Trinajstić information content (AvgIpc) is 2.11. The Morgan fingerprint density at radius 1 is 1.16 bits per heavy atom. The normalized spacial score (nSPS) is 13.6. The van der Waals surface area contributed by atoms with Crippen molar-refractivity contribution in [2.45, 2.75) is 51.5 Å². The highest BCUT2D eigenvalue weighted by atomic mass is 35.5. The molecule has 0 bridgehead atoms. The lowest BCUT2D eigenvalue weighted by atomic mass is 9.82. The Balaban J connectivity index is 2.97. The molecule has 0 heterocycles. The standard InChI is InChI=1S/C14H22ClNO2S/c1-13(2,3)10-14(4,5)16-19(17,18)12-8-6-7-11(15)9-12/h6-9,16H,10H2,1-5H3. The minimum atomic E-state index is -3.55. The van der Waals surface area contributed by atoms with E-state index in [0.29, 0.717) is 5.02 Å². The lowest BCUT2D eigenvalue weighted by molar-refractivity contribution is 0.269. The number of rotatable bonds is 4. The van der Waals surface area contributed by atoms with Crippen molar-refractivity contribution >= 4 is 21.6 Å². The fourth-order valence-electron chi connectivity index (χ4n) is 2.42. The van der Waals surface area contributed by atoms with Gasteiger partial charge in [0, 0.05) is 10.6 Å². The first-order valence-electron chi connectivity index (χ1n) is 6.21. The lowest BCUT2D eigenvalue weighted by Crippen LogP contribution is -2.45. The fraction of sp³-hybridized carbons (Fsp3) is 0.571. The van der Waals surface area contributed by atoms with E-state index < -0.39 is 15.6 Å². The van der Waals surface area contributed by atoms with E-state index >= 15 is 0 Å². The molecule has 0 amide bonds. The minimum absolute atomic E-state index is 0.0420. The van der Waals surface area contributed by atoms with E-state index in [1.165, 1.54) is 6.07 Å². The maximum Gasteiger partial charge on any atom is 0.241 e. The van der Waals surface area contributed by atoms with Crippen LogP contribution in [0.5, 0.6) is 0 Å². The van der Waals surface area contributed by atoms with Gasteiger partial charge in [-0.25, -0.2) is 13.1 Å². The van der Waals surface area contributed by atoms with Gasteiger partial charge >= 0.3 is 0 Å². The molecular weight excluding hydrogens is 282 g/mol. The van der Waals surface area contributed by atoms with Gasteiger partial charge in [0.2, 0.25) is 10.0 Å². The molecule has 0 radical (unpaired) electrons. The molecule has 1 aromatic rings. The molecule has 0 atom stereocenters. The van der Waals surface area contributed by atoms with Gasteiger partial charge in [-0.05, 0) is 43.9 Å². The lowest BCUT2D eigenvalue weighted by Gasteiger charge is -2.33. The molecule has 3 nitrogen and oxygen atoms in total. The van der Waals surface area contributed by atoms with Gasteiger partial charge in [-0.15, -0.1) is 0 Å². The summed E-state index contributed by atoms with van der Waals surface area (Å²) in [7, 11) is -3.55. The van der Waals surface area contributed by atoms with E-state index in [1.54, 1.807) is 18.2 Å². The molecule has 1 rings (SSSR count). The van der Waals surface area contributed by atoms with Crippen molar-refractivity contribution in [3.63, 3.8) is 0 Å². The highest BCUT2D eigenvalue weighted by Gasteiger charge is 2.30. The maximum atomic E-state index is 12.3. The fourth-order valence-corrected chi connectivity index (χ4v) is 4.13. The maximum absolute atomic E-state index is 12.3. The van der Waals surface area contributed by atoms with Crippen LogP contribution in [0.25, 0.3) is 0 Å². The van der Waals surface area contributed by atoms with Crippen LogP contribution in [0.1, 0.15) is 41.0 Å². The second-order valence-corrected chi connectivity index (χ2v) is 8.80. The summed E-state index contributed by atoms with van der Waals surface area (Å²) in [6, 6.07) is 6.28. The molecule has 0 saturated heterocycles. The van der Waals surface area contributed by atoms with Crippen LogP contribution in [-0.4, -0.2) is 14.0 Å². The molecule has 0 fully saturated rings. The number of halogens is 1. The molecule has 5 heteroatoms. The smallest absolute Gasteiger partial charge is 0.207 e. The number of hydrogen-bond acceptors (Lipinski definition) is 2. The molecule has 0 aliphatic carbocycles. The summed E-state index contributed by atoms with van der Waals surface area (Å²) in [5, 5.41) is 0.413. The molecular formula is C14H22ClNO2S. The van der Waals surface area contributed by atoms with Gasteiger partial charge in [-0.1, -0.05) is 38.4 Å². The highest BCUT2D eigenvalue weighted by Crippen LogP contribution is 2.28. The van der Waals surface area contributed by atoms with E-state index in [4.69, 9.17) is 11.6 Å². The van der Waals surface area contributed by atoms with E-state index in [2.05, 4.69) is 25.5 Å². The third-order valence-electron chi connectivity index (χ3n) is 2.49. The molecule has 108 valence electrons. The first-order valence-corrected chi connectivity index (χ1v) is 8.07. The molecule has 0 saturated carbocycles. The summed E-state index contributed by atoms with van der Waals surface area (Å²) in [4.78, 5) is 0.196. The van der Waals surface area contributed by atoms with Gasteiger partial charge in [0.05, 0.1) is 4.90 Å². The zero-order valence-corrected chi connectivity index (χ0v) is 13.7. The van der Waals surface area contributed by atoms with E-state index in [9.17, 15) is 8.42 Å². The first kappa shape index (κ1) is 16.5. The molecule has 0 spiro atoms. The Morgan fingerprint density at radius 2 is 1.74 bits per heavy atom. The number of hydrogen-bond donors (Lipinski definition) is 1. The van der Waals surface area contributed by atoms with Gasteiger partial charge in [-0.2, -0.15) is 0 Å². The predicted molar refractivity (Wildman–Crippen MR) is 79.9 cm³/mol. The second kappa shape index (κ2) is 5.43. The van der Waals surface area contributed by atoms with Crippen LogP contribution in [0.3, 0.4) is 0 Å². The highest BCUT2D eigenvalue weighted by molar-refractivity contribution is 7.89. The summed E-state index contributed by atoms with van der Waals surface area (Å²) < 4.78 is 27.4. The van der Waals surface area contributed by atoms with Crippen molar-refractivity contribution in [2.75, 3.05) is 0 Å². The van der Waals surface area contributed by atoms with Crippen molar-refractivity contribution in [3.8, 4) is 0 Å². The van der Waals surface area contributed by atoms with Gasteiger partial charge in [0.25, 0.3) is 0 Å². The van der Waals surface area contributed by atoms with E-state index in [1.807, 2.05) is 13.8 Å². The summed E-state index contributed by atoms with van der Waals surface area (Å²) in [6.45, 7) is 10.0. The van der Waals surface area contributed by atoms with Crippen molar-refractivity contribution in [3.05, 3.63) is 29.3 Å². The van der Waals surface area contributed by atoms with Crippen molar-refractivity contribution < 1.29 is 8.42 Å². The summed E-state index contributed by atoms with van der Waals surface area (Å²) in [5.74, 6) is 0. The van der Waals surface area contributed by atoms with Crippen LogP contribution in [-0.2, 0) is 10.0 Å². The Morgan fingerprint density at radius 3 is 2.21 bits per heavy atom. The number of sulfonamides is 1. The third kappa shape index (κ3) is 5.51. The monoisotopic (exact) mass is 303 g/mol. The van der Waals surface area contributed by atoms with Crippen LogP contribution in [0.15, 0.2) is 29.2 Å². The van der Waals surface area contributed by atoms with Crippen LogP contribution < -0.4 is 4.72 Å². The Kier molecular flexibility index (Phi) is 4.71. The molecule has 0 aromatic heterocycles. The predicted octanol–water partition coefficient (Wildman–Crippen LogP) is 3.83. The quantitative estimate of drug-likeness (QED) is 0.918. The summed E-state index contributed by atoms with van der Waals surface area (Å²) in [6.07, 6.45) is 0.736. The number of nitrogens with one attached hydrogen (secondary N) is 1. The Labute approximate surface area is 121 Å². The minimum Gasteiger partial charge on any atom is -0.207 e. The van der Waals surface area contributed by atoms with Gasteiger partial charge in [0.15, 0.2) is 0 Å². The van der Waals surface area contributed by atoms with Gasteiger partial charge < -0.3 is 0 Å². The zero-order valence-electron chi connectivity index (χ0n) is 12.1. The second-order valence-electron chi connectivity index (χ2n) is 6.68. The van der Waals surface area contributed by atoms with Crippen molar-refractivity contribution in [1.29, 1.82) is 0 Å². The van der Waals surface area contributed by atoms with Crippen LogP contribution in [0, 0.1) is 5.41 Å². The molecule has 19 heavy (non-hydrogen) atoms. The van der Waals surface area contributed by atoms with E-state index in [-0.39, 0.29) is 10.3 Å². The number of benzene rings is 1. The first-order chi connectivity index (χ1) is 8.41. The van der Waals surface area contributed by atoms with Crippen LogP contribution >= 0.6 is 11.6 Å². The molecule has 0 unspecified atom stereocenters. The molecule has 1 aromatic carbocycles. The SMILES string of the molecule is CC(C)(C)CC(C)(C)NS(=O)(=O)c1cccc(Cl)c1. The van der Waals surface area contributed by atoms with Gasteiger partial charge in [-0.3, -0.25) is 0 Å². The molecule has 0 aliphatic rings. The zero-order chi connectivity index (χ0) is 14.9. The summed E-state index contributed by atoms with van der Waals surface area (Å²) >= 11 is 5.84. The Bertz CT molecular complexity index is 545. The topological polar surface area (TPSA) is 46.2 Å². The van der Waals surface area contributed by atoms with Crippen molar-refractivity contribution in [1.82, 2.24) is 4.72 Å². The van der Waals surface area contributed by atoms with Gasteiger partial charge in [0.1, 0.15) is 0 Å². The molecule has 0 aliphatic heterocycles. The van der Waals surface area contributed by atoms with Crippen LogP contribution in [0.4, 0.5) is 0 Å². The summed E-state index contributed by atoms with van der Waals surface area (Å²) in [5.41, 5.74) is -0.472. The third-order valence-corrected chi connectivity index (χ3v) is 4.42. The molecule has 1 N–H and O–H groups in total. The van der Waals surface area contributed by atoms with Crippen molar-refractivity contribution in [2.24, 2.45) is 5.41 Å². The van der Waals surface area contributed by atoms with E-state index in [0.717, 1.165) is 6.42 Å². The van der Waals surface area contributed by atoms with Crippen LogP contribution in [0.2, 0.25) is 5.02 Å².